The molecule has 144 valence electrons. The summed E-state index contributed by atoms with van der Waals surface area (Å²) in [5, 5.41) is 9.13. The van der Waals surface area contributed by atoms with Crippen LogP contribution in [-0.4, -0.2) is 22.0 Å². The molecule has 3 aromatic rings. The Labute approximate surface area is 158 Å². The maximum atomic E-state index is 14.5. The molecular weight excluding hydrogens is 370 g/mol. The predicted octanol–water partition coefficient (Wildman–Crippen LogP) is 2.47. The third-order valence-corrected chi connectivity index (χ3v) is 3.97. The van der Waals surface area contributed by atoms with E-state index < -0.39 is 35.6 Å². The Hall–Kier alpha value is -3.62. The van der Waals surface area contributed by atoms with E-state index in [4.69, 9.17) is 10.2 Å². The number of aromatic nitrogens is 2. The van der Waals surface area contributed by atoms with Crippen molar-refractivity contribution in [2.75, 3.05) is 0 Å². The van der Waals surface area contributed by atoms with Gasteiger partial charge >= 0.3 is 5.92 Å². The van der Waals surface area contributed by atoms with Gasteiger partial charge in [0.05, 0.1) is 0 Å². The lowest BCUT2D eigenvalue weighted by Gasteiger charge is -2.13. The van der Waals surface area contributed by atoms with Gasteiger partial charge in [0, 0.05) is 11.1 Å². The Bertz CT molecular complexity index is 988. The van der Waals surface area contributed by atoms with Crippen LogP contribution in [0.4, 0.5) is 8.78 Å². The number of nitrogens with one attached hydrogen (secondary N) is 1. The zero-order chi connectivity index (χ0) is 20.3. The summed E-state index contributed by atoms with van der Waals surface area (Å²) in [6.45, 7) is 1.85. The quantitative estimate of drug-likeness (QED) is 0.676. The van der Waals surface area contributed by atoms with E-state index in [9.17, 15) is 18.4 Å². The molecule has 7 nitrogen and oxygen atoms in total. The Morgan fingerprint density at radius 3 is 2.32 bits per heavy atom. The van der Waals surface area contributed by atoms with E-state index >= 15 is 0 Å². The summed E-state index contributed by atoms with van der Waals surface area (Å²) in [6.07, 6.45) is 0. The van der Waals surface area contributed by atoms with Crippen LogP contribution < -0.4 is 11.1 Å². The molecule has 3 N–H and O–H groups in total. The van der Waals surface area contributed by atoms with Crippen LogP contribution in [0.1, 0.15) is 39.3 Å². The van der Waals surface area contributed by atoms with Crippen LogP contribution >= 0.6 is 0 Å². The molecule has 0 aliphatic carbocycles. The van der Waals surface area contributed by atoms with Crippen LogP contribution in [-0.2, 0) is 10.7 Å². The molecule has 0 spiro atoms. The first-order valence-electron chi connectivity index (χ1n) is 8.23. The molecule has 0 radical (unpaired) electrons. The van der Waals surface area contributed by atoms with Crippen LogP contribution in [0.25, 0.3) is 0 Å². The zero-order valence-electron chi connectivity index (χ0n) is 14.7. The van der Waals surface area contributed by atoms with Gasteiger partial charge < -0.3 is 15.5 Å². The van der Waals surface area contributed by atoms with E-state index in [1.54, 1.807) is 30.3 Å². The van der Waals surface area contributed by atoms with Crippen LogP contribution in [0.3, 0.4) is 0 Å². The molecule has 1 atom stereocenters. The first-order valence-corrected chi connectivity index (χ1v) is 8.23. The lowest BCUT2D eigenvalue weighted by molar-refractivity contribution is -0.120. The normalized spacial score (nSPS) is 12.4. The van der Waals surface area contributed by atoms with Crippen molar-refractivity contribution in [1.29, 1.82) is 0 Å². The number of halogens is 2. The molecule has 1 heterocycles. The number of amides is 2. The highest BCUT2D eigenvalue weighted by Gasteiger charge is 2.41. The fourth-order valence-corrected chi connectivity index (χ4v) is 2.42. The van der Waals surface area contributed by atoms with E-state index in [-0.39, 0.29) is 11.1 Å². The highest BCUT2D eigenvalue weighted by molar-refractivity contribution is 5.97. The van der Waals surface area contributed by atoms with Crippen molar-refractivity contribution in [3.63, 3.8) is 0 Å². The van der Waals surface area contributed by atoms with Gasteiger partial charge in [-0.2, -0.15) is 8.78 Å². The molecule has 0 unspecified atom stereocenters. The number of hydrogen-bond donors (Lipinski definition) is 2. The van der Waals surface area contributed by atoms with Crippen LogP contribution in [0.2, 0.25) is 0 Å². The fraction of sp³-hybridized carbons (Fsp3) is 0.158. The first kappa shape index (κ1) is 19.2. The smallest absolute Gasteiger partial charge is 0.349 e. The molecule has 0 saturated heterocycles. The van der Waals surface area contributed by atoms with Gasteiger partial charge in [-0.3, -0.25) is 9.59 Å². The monoisotopic (exact) mass is 386 g/mol. The van der Waals surface area contributed by atoms with Crippen molar-refractivity contribution in [3.05, 3.63) is 83.1 Å². The van der Waals surface area contributed by atoms with E-state index in [1.165, 1.54) is 24.3 Å². The Kier molecular flexibility index (Phi) is 5.16. The van der Waals surface area contributed by atoms with Crippen LogP contribution in [0, 0.1) is 6.92 Å². The topological polar surface area (TPSA) is 111 Å². The fourth-order valence-electron chi connectivity index (χ4n) is 2.42. The second-order valence-electron chi connectivity index (χ2n) is 6.06. The van der Waals surface area contributed by atoms with Crippen molar-refractivity contribution in [3.8, 4) is 0 Å². The average molecular weight is 386 g/mol. The zero-order valence-corrected chi connectivity index (χ0v) is 14.7. The molecule has 28 heavy (non-hydrogen) atoms. The van der Waals surface area contributed by atoms with Crippen molar-refractivity contribution in [2.45, 2.75) is 18.9 Å². The Morgan fingerprint density at radius 1 is 1.07 bits per heavy atom. The number of benzene rings is 2. The number of aryl methyl sites for hydroxylation is 1. The van der Waals surface area contributed by atoms with Gasteiger partial charge in [-0.05, 0) is 19.1 Å². The second kappa shape index (κ2) is 7.55. The van der Waals surface area contributed by atoms with Gasteiger partial charge in [-0.25, -0.2) is 0 Å². The highest BCUT2D eigenvalue weighted by Crippen LogP contribution is 2.35. The molecule has 0 saturated carbocycles. The van der Waals surface area contributed by atoms with Gasteiger partial charge in [-0.1, -0.05) is 48.0 Å². The van der Waals surface area contributed by atoms with Crippen molar-refractivity contribution >= 4 is 11.8 Å². The summed E-state index contributed by atoms with van der Waals surface area (Å²) < 4.78 is 34.1. The second-order valence-corrected chi connectivity index (χ2v) is 6.06. The number of hydrogen-bond acceptors (Lipinski definition) is 5. The number of nitrogens with two attached hydrogens (primary N) is 1. The third kappa shape index (κ3) is 3.88. The van der Waals surface area contributed by atoms with Crippen LogP contribution in [0.15, 0.2) is 59.0 Å². The lowest BCUT2D eigenvalue weighted by atomic mass is 10.1. The minimum absolute atomic E-state index is 0.256. The molecule has 0 fully saturated rings. The first-order chi connectivity index (χ1) is 13.3. The van der Waals surface area contributed by atoms with Gasteiger partial charge in [0.2, 0.25) is 11.8 Å². The SMILES string of the molecule is Cc1ccc(C(=O)N[C@@H](C(N)=O)c2nnc(C(F)(F)c3ccccc3)o2)cc1. The van der Waals surface area contributed by atoms with Crippen molar-refractivity contribution in [1.82, 2.24) is 15.5 Å². The van der Waals surface area contributed by atoms with Gasteiger partial charge in [0.15, 0.2) is 6.04 Å². The molecule has 3 rings (SSSR count). The molecule has 0 bridgehead atoms. The molecular formula is C19H16F2N4O3. The summed E-state index contributed by atoms with van der Waals surface area (Å²) in [6, 6.07) is 11.8. The number of nitrogens with zero attached hydrogens (tertiary/aromatic N) is 2. The van der Waals surface area contributed by atoms with E-state index in [0.717, 1.165) is 5.56 Å². The van der Waals surface area contributed by atoms with Gasteiger partial charge in [0.1, 0.15) is 0 Å². The predicted molar refractivity (Wildman–Crippen MR) is 94.3 cm³/mol. The summed E-state index contributed by atoms with van der Waals surface area (Å²) >= 11 is 0. The average Bonchev–Trinajstić information content (AvgIpc) is 3.17. The number of rotatable bonds is 6. The van der Waals surface area contributed by atoms with Crippen LogP contribution in [0.5, 0.6) is 0 Å². The molecule has 0 aliphatic rings. The van der Waals surface area contributed by atoms with Crippen molar-refractivity contribution < 1.29 is 22.8 Å². The van der Waals surface area contributed by atoms with Gasteiger partial charge in [0.25, 0.3) is 11.8 Å². The number of carbonyl (C=O) groups excluding carboxylic acids is 2. The molecule has 9 heteroatoms. The highest BCUT2D eigenvalue weighted by atomic mass is 19.3. The third-order valence-electron chi connectivity index (χ3n) is 3.97. The molecule has 1 aromatic heterocycles. The maximum Gasteiger partial charge on any atom is 0.349 e. The standard InChI is InChI=1S/C19H16F2N4O3/c1-11-7-9-12(10-8-11)16(27)23-14(15(22)26)17-24-25-18(28-17)19(20,21)13-5-3-2-4-6-13/h2-10,14H,1H3,(H2,22,26)(H,23,27)/t14-/m0/s1. The van der Waals surface area contributed by atoms with Gasteiger partial charge in [-0.15, -0.1) is 10.2 Å². The largest absolute Gasteiger partial charge is 0.416 e. The number of alkyl halides is 2. The lowest BCUT2D eigenvalue weighted by Crippen LogP contribution is -2.37. The van der Waals surface area contributed by atoms with Crippen molar-refractivity contribution in [2.24, 2.45) is 5.73 Å². The summed E-state index contributed by atoms with van der Waals surface area (Å²) in [5.74, 6) is -6.78. The number of primary amides is 1. The minimum Gasteiger partial charge on any atom is -0.416 e. The van der Waals surface area contributed by atoms with E-state index in [2.05, 4.69) is 15.5 Å². The maximum absolute atomic E-state index is 14.5. The Morgan fingerprint density at radius 2 is 1.71 bits per heavy atom. The molecule has 2 amide bonds. The summed E-state index contributed by atoms with van der Waals surface area (Å²) in [7, 11) is 0. The summed E-state index contributed by atoms with van der Waals surface area (Å²) in [4.78, 5) is 24.1. The molecule has 2 aromatic carbocycles. The van der Waals surface area contributed by atoms with E-state index in [0.29, 0.717) is 0 Å². The summed E-state index contributed by atoms with van der Waals surface area (Å²) in [5.41, 5.74) is 6.12. The number of carbonyl (C=O) groups is 2. The Balaban J connectivity index is 1.85. The molecule has 0 aliphatic heterocycles. The van der Waals surface area contributed by atoms with E-state index in [1.807, 2.05) is 6.92 Å². The minimum atomic E-state index is -3.57.